The second-order valence-electron chi connectivity index (χ2n) is 5.29. The number of likely N-dealkylation sites (N-methyl/N-ethyl adjacent to an activating group) is 1. The van der Waals surface area contributed by atoms with Crippen LogP contribution < -0.4 is 5.32 Å². The third-order valence-corrected chi connectivity index (χ3v) is 3.59. The highest BCUT2D eigenvalue weighted by molar-refractivity contribution is 5.11. The molecule has 100 valence electrons. The quantitative estimate of drug-likeness (QED) is 0.840. The molecule has 1 aromatic rings. The van der Waals surface area contributed by atoms with Crippen LogP contribution in [-0.2, 0) is 13.1 Å². The lowest BCUT2D eigenvalue weighted by Crippen LogP contribution is -2.31. The van der Waals surface area contributed by atoms with Crippen LogP contribution in [0.3, 0.4) is 0 Å². The largest absolute Gasteiger partial charge is 0.314 e. The van der Waals surface area contributed by atoms with Crippen molar-refractivity contribution in [2.24, 2.45) is 0 Å². The third-order valence-electron chi connectivity index (χ3n) is 3.59. The van der Waals surface area contributed by atoms with Gasteiger partial charge >= 0.3 is 0 Å². The number of nitrogens with one attached hydrogen (secondary N) is 1. The topological polar surface area (TPSA) is 31.4 Å². The van der Waals surface area contributed by atoms with Gasteiger partial charge in [-0.25, -0.2) is 0 Å². The number of hydrogen-bond acceptors (Lipinski definition) is 4. The Morgan fingerprint density at radius 2 is 2.17 bits per heavy atom. The second kappa shape index (κ2) is 6.27. The van der Waals surface area contributed by atoms with Gasteiger partial charge in [-0.1, -0.05) is 6.07 Å². The Kier molecular flexibility index (Phi) is 4.69. The zero-order valence-electron chi connectivity index (χ0n) is 11.7. The summed E-state index contributed by atoms with van der Waals surface area (Å²) in [7, 11) is 6.29. The number of aromatic nitrogens is 1. The van der Waals surface area contributed by atoms with E-state index in [1.807, 2.05) is 7.05 Å². The summed E-state index contributed by atoms with van der Waals surface area (Å²) in [6.07, 6.45) is 1.27. The van der Waals surface area contributed by atoms with Gasteiger partial charge in [0.05, 0.1) is 11.4 Å². The normalized spacial score (nSPS) is 20.8. The molecular weight excluding hydrogens is 224 g/mol. The highest BCUT2D eigenvalue weighted by Crippen LogP contribution is 2.15. The molecule has 1 atom stereocenters. The monoisotopic (exact) mass is 248 g/mol. The minimum absolute atomic E-state index is 0.700. The second-order valence-corrected chi connectivity index (χ2v) is 5.29. The number of pyridine rings is 1. The lowest BCUT2D eigenvalue weighted by molar-refractivity contribution is 0.263. The van der Waals surface area contributed by atoms with Gasteiger partial charge in [0.1, 0.15) is 0 Å². The van der Waals surface area contributed by atoms with E-state index in [0.29, 0.717) is 6.04 Å². The molecule has 0 bridgehead atoms. The van der Waals surface area contributed by atoms with Crippen LogP contribution >= 0.6 is 0 Å². The van der Waals surface area contributed by atoms with E-state index in [1.54, 1.807) is 0 Å². The summed E-state index contributed by atoms with van der Waals surface area (Å²) in [5, 5.41) is 3.14. The molecule has 1 aliphatic rings. The summed E-state index contributed by atoms with van der Waals surface area (Å²) in [4.78, 5) is 9.50. The molecule has 0 aliphatic carbocycles. The molecular formula is C14H24N4. The SMILES string of the molecule is CNCc1cccc(CN2CCC(N(C)C)C2)n1. The molecule has 2 rings (SSSR count). The molecule has 1 saturated heterocycles. The van der Waals surface area contributed by atoms with Gasteiger partial charge in [0.2, 0.25) is 0 Å². The first-order chi connectivity index (χ1) is 8.69. The van der Waals surface area contributed by atoms with E-state index in [2.05, 4.69) is 52.4 Å². The average Bonchev–Trinajstić information content (AvgIpc) is 2.78. The van der Waals surface area contributed by atoms with E-state index in [1.165, 1.54) is 18.7 Å². The molecule has 1 fully saturated rings. The summed E-state index contributed by atoms with van der Waals surface area (Å²) in [6, 6.07) is 7.01. The molecule has 2 heterocycles. The fraction of sp³-hybridized carbons (Fsp3) is 0.643. The smallest absolute Gasteiger partial charge is 0.0547 e. The molecule has 18 heavy (non-hydrogen) atoms. The van der Waals surface area contributed by atoms with E-state index in [4.69, 9.17) is 0 Å². The predicted molar refractivity (Wildman–Crippen MR) is 74.4 cm³/mol. The highest BCUT2D eigenvalue weighted by atomic mass is 15.2. The summed E-state index contributed by atoms with van der Waals surface area (Å²) in [5.41, 5.74) is 2.31. The Labute approximate surface area is 110 Å². The molecule has 1 aromatic heterocycles. The van der Waals surface area contributed by atoms with Crippen LogP contribution in [0.4, 0.5) is 0 Å². The molecule has 4 nitrogen and oxygen atoms in total. The van der Waals surface area contributed by atoms with Crippen molar-refractivity contribution in [2.75, 3.05) is 34.2 Å². The van der Waals surface area contributed by atoms with Gasteiger partial charge in [0.15, 0.2) is 0 Å². The maximum atomic E-state index is 4.68. The number of rotatable bonds is 5. The summed E-state index contributed by atoms with van der Waals surface area (Å²) >= 11 is 0. The number of nitrogens with zero attached hydrogens (tertiary/aromatic N) is 3. The van der Waals surface area contributed by atoms with Crippen LogP contribution in [0.15, 0.2) is 18.2 Å². The van der Waals surface area contributed by atoms with Crippen LogP contribution in [-0.4, -0.2) is 55.1 Å². The molecule has 0 spiro atoms. The minimum atomic E-state index is 0.700. The lowest BCUT2D eigenvalue weighted by atomic mass is 10.2. The molecule has 1 N–H and O–H groups in total. The van der Waals surface area contributed by atoms with Crippen molar-refractivity contribution in [3.8, 4) is 0 Å². The first-order valence-corrected chi connectivity index (χ1v) is 6.67. The Bertz CT molecular complexity index is 378. The zero-order valence-corrected chi connectivity index (χ0v) is 11.7. The lowest BCUT2D eigenvalue weighted by Gasteiger charge is -2.20. The van der Waals surface area contributed by atoms with Crippen molar-refractivity contribution in [3.63, 3.8) is 0 Å². The van der Waals surface area contributed by atoms with Gasteiger partial charge in [0, 0.05) is 32.2 Å². The van der Waals surface area contributed by atoms with E-state index in [-0.39, 0.29) is 0 Å². The van der Waals surface area contributed by atoms with Gasteiger partial charge in [-0.2, -0.15) is 0 Å². The highest BCUT2D eigenvalue weighted by Gasteiger charge is 2.23. The average molecular weight is 248 g/mol. The first-order valence-electron chi connectivity index (χ1n) is 6.67. The minimum Gasteiger partial charge on any atom is -0.314 e. The maximum absolute atomic E-state index is 4.68. The molecule has 0 saturated carbocycles. The van der Waals surface area contributed by atoms with E-state index >= 15 is 0 Å². The molecule has 1 aliphatic heterocycles. The Hall–Kier alpha value is -0.970. The maximum Gasteiger partial charge on any atom is 0.0547 e. The summed E-state index contributed by atoms with van der Waals surface area (Å²) < 4.78 is 0. The van der Waals surface area contributed by atoms with Crippen LogP contribution in [0.25, 0.3) is 0 Å². The van der Waals surface area contributed by atoms with Crippen molar-refractivity contribution in [3.05, 3.63) is 29.6 Å². The van der Waals surface area contributed by atoms with Gasteiger partial charge in [-0.05, 0) is 39.7 Å². The standard InChI is InChI=1S/C14H24N4/c1-15-9-12-5-4-6-13(16-12)10-18-8-7-14(11-18)17(2)3/h4-6,14-15H,7-11H2,1-3H3. The van der Waals surface area contributed by atoms with E-state index in [9.17, 15) is 0 Å². The van der Waals surface area contributed by atoms with Gasteiger partial charge in [-0.3, -0.25) is 9.88 Å². The first kappa shape index (κ1) is 13.5. The molecule has 4 heteroatoms. The van der Waals surface area contributed by atoms with Crippen molar-refractivity contribution < 1.29 is 0 Å². The zero-order chi connectivity index (χ0) is 13.0. The van der Waals surface area contributed by atoms with Gasteiger partial charge < -0.3 is 10.2 Å². The fourth-order valence-corrected chi connectivity index (χ4v) is 2.50. The van der Waals surface area contributed by atoms with Crippen molar-refractivity contribution >= 4 is 0 Å². The number of hydrogen-bond donors (Lipinski definition) is 1. The molecule has 0 radical (unpaired) electrons. The summed E-state index contributed by atoms with van der Waals surface area (Å²) in [5.74, 6) is 0. The summed E-state index contributed by atoms with van der Waals surface area (Å²) in [6.45, 7) is 4.15. The van der Waals surface area contributed by atoms with Crippen LogP contribution in [0, 0.1) is 0 Å². The molecule has 0 aromatic carbocycles. The molecule has 1 unspecified atom stereocenters. The van der Waals surface area contributed by atoms with Crippen molar-refractivity contribution in [2.45, 2.75) is 25.6 Å². The van der Waals surface area contributed by atoms with Gasteiger partial charge in [0.25, 0.3) is 0 Å². The molecule has 0 amide bonds. The Balaban J connectivity index is 1.92. The van der Waals surface area contributed by atoms with Crippen LogP contribution in [0.1, 0.15) is 17.8 Å². The fourth-order valence-electron chi connectivity index (χ4n) is 2.50. The Morgan fingerprint density at radius 1 is 1.39 bits per heavy atom. The number of likely N-dealkylation sites (tertiary alicyclic amines) is 1. The van der Waals surface area contributed by atoms with Crippen LogP contribution in [0.5, 0.6) is 0 Å². The predicted octanol–water partition coefficient (Wildman–Crippen LogP) is 0.937. The van der Waals surface area contributed by atoms with Crippen molar-refractivity contribution in [1.82, 2.24) is 20.1 Å². The van der Waals surface area contributed by atoms with E-state index < -0.39 is 0 Å². The third kappa shape index (κ3) is 3.51. The van der Waals surface area contributed by atoms with Gasteiger partial charge in [-0.15, -0.1) is 0 Å². The van der Waals surface area contributed by atoms with Crippen molar-refractivity contribution in [1.29, 1.82) is 0 Å². The van der Waals surface area contributed by atoms with E-state index in [0.717, 1.165) is 25.3 Å². The van der Waals surface area contributed by atoms with Crippen LogP contribution in [0.2, 0.25) is 0 Å². The Morgan fingerprint density at radius 3 is 2.83 bits per heavy atom.